The second kappa shape index (κ2) is 6.39. The molecule has 3 aliphatic carbocycles. The van der Waals surface area contributed by atoms with Crippen LogP contribution in [0, 0.1) is 17.3 Å². The van der Waals surface area contributed by atoms with Crippen molar-refractivity contribution in [1.29, 1.82) is 0 Å². The summed E-state index contributed by atoms with van der Waals surface area (Å²) in [5.41, 5.74) is 6.29. The summed E-state index contributed by atoms with van der Waals surface area (Å²) in [6.45, 7) is 7.20. The van der Waals surface area contributed by atoms with Gasteiger partial charge in [0, 0.05) is 5.56 Å². The quantitative estimate of drug-likeness (QED) is 0.465. The Kier molecular flexibility index (Phi) is 4.31. The molecule has 0 aromatic heterocycles. The van der Waals surface area contributed by atoms with Crippen LogP contribution in [0.3, 0.4) is 0 Å². The second-order valence-corrected chi connectivity index (χ2v) is 9.64. The van der Waals surface area contributed by atoms with E-state index in [4.69, 9.17) is 0 Å². The van der Waals surface area contributed by atoms with Gasteiger partial charge in [-0.1, -0.05) is 68.5 Å². The van der Waals surface area contributed by atoms with Crippen molar-refractivity contribution >= 4 is 0 Å². The number of quaternary nitrogens is 1. The molecular formula is C25H32N+. The normalized spacial score (nSPS) is 23.9. The fourth-order valence-electron chi connectivity index (χ4n) is 5.18. The molecule has 0 heterocycles. The van der Waals surface area contributed by atoms with E-state index >= 15 is 0 Å². The molecule has 3 aliphatic rings. The molecule has 2 atom stereocenters. The highest BCUT2D eigenvalue weighted by Crippen LogP contribution is 2.59. The van der Waals surface area contributed by atoms with E-state index in [0.717, 1.165) is 22.9 Å². The predicted molar refractivity (Wildman–Crippen MR) is 111 cm³/mol. The molecule has 0 saturated heterocycles. The molecule has 0 unspecified atom stereocenters. The third-order valence-electron chi connectivity index (χ3n) is 6.84. The van der Waals surface area contributed by atoms with E-state index in [1.165, 1.54) is 36.1 Å². The van der Waals surface area contributed by atoms with Crippen LogP contribution in [0.5, 0.6) is 0 Å². The number of nitrogens with zero attached hydrogens (tertiary/aromatic N) is 1. The maximum atomic E-state index is 2.56. The summed E-state index contributed by atoms with van der Waals surface area (Å²) in [7, 11) is 4.77. The molecule has 26 heavy (non-hydrogen) atoms. The summed E-state index contributed by atoms with van der Waals surface area (Å²) in [4.78, 5) is 0. The van der Waals surface area contributed by atoms with Gasteiger partial charge in [-0.15, -0.1) is 0 Å². The Morgan fingerprint density at radius 2 is 1.65 bits per heavy atom. The summed E-state index contributed by atoms with van der Waals surface area (Å²) >= 11 is 0. The van der Waals surface area contributed by atoms with Gasteiger partial charge in [-0.2, -0.15) is 0 Å². The molecule has 1 saturated carbocycles. The molecular weight excluding hydrogens is 314 g/mol. The minimum atomic E-state index is 0.525. The van der Waals surface area contributed by atoms with E-state index in [1.807, 2.05) is 0 Å². The molecule has 0 radical (unpaired) electrons. The smallest absolute Gasteiger partial charge is 0.104 e. The van der Waals surface area contributed by atoms with Crippen LogP contribution in [0.2, 0.25) is 0 Å². The topological polar surface area (TPSA) is 0 Å². The minimum Gasteiger partial charge on any atom is -0.321 e. The van der Waals surface area contributed by atoms with Crippen LogP contribution < -0.4 is 0 Å². The van der Waals surface area contributed by atoms with Crippen molar-refractivity contribution in [3.63, 3.8) is 0 Å². The van der Waals surface area contributed by atoms with Gasteiger partial charge in [-0.05, 0) is 52.9 Å². The first-order valence-electron chi connectivity index (χ1n) is 10.0. The van der Waals surface area contributed by atoms with E-state index in [0.29, 0.717) is 5.41 Å². The van der Waals surface area contributed by atoms with Gasteiger partial charge in [0.1, 0.15) is 13.1 Å². The van der Waals surface area contributed by atoms with Crippen LogP contribution in [-0.2, 0) is 6.54 Å². The molecule has 1 nitrogen and oxygen atoms in total. The lowest BCUT2D eigenvalue weighted by molar-refractivity contribution is -0.899. The van der Waals surface area contributed by atoms with Crippen molar-refractivity contribution < 1.29 is 4.48 Å². The van der Waals surface area contributed by atoms with Crippen molar-refractivity contribution in [3.8, 4) is 11.1 Å². The Balaban J connectivity index is 1.49. The Morgan fingerprint density at radius 3 is 2.35 bits per heavy atom. The molecule has 2 aromatic carbocycles. The maximum Gasteiger partial charge on any atom is 0.104 e. The highest BCUT2D eigenvalue weighted by atomic mass is 15.3. The number of fused-ring (bicyclic) bond motifs is 1. The van der Waals surface area contributed by atoms with Crippen LogP contribution >= 0.6 is 0 Å². The molecule has 0 amide bonds. The van der Waals surface area contributed by atoms with Gasteiger partial charge in [0.2, 0.25) is 0 Å². The molecule has 2 aromatic rings. The Bertz CT molecular complexity index is 813. The lowest BCUT2D eigenvalue weighted by atomic mass is 9.49. The molecule has 136 valence electrons. The Labute approximate surface area is 159 Å². The standard InChI is InChI=1S/C25H32N/c1-25(2)23-14-13-22(24(25)16-23)18-26(3,4)17-19-9-8-12-21(15-19)20-10-6-5-7-11-20/h5-13,15,23-24H,14,16-18H2,1-4H3/q+1/t23-,24-/m0/s1. The molecule has 1 fully saturated rings. The van der Waals surface area contributed by atoms with E-state index in [2.05, 4.69) is 88.6 Å². The molecule has 0 spiro atoms. The van der Waals surface area contributed by atoms with Gasteiger partial charge in [-0.3, -0.25) is 0 Å². The molecule has 2 bridgehead atoms. The largest absolute Gasteiger partial charge is 0.321 e. The number of hydrogen-bond acceptors (Lipinski definition) is 0. The van der Waals surface area contributed by atoms with E-state index in [-0.39, 0.29) is 0 Å². The third-order valence-corrected chi connectivity index (χ3v) is 6.84. The van der Waals surface area contributed by atoms with Crippen LogP contribution in [-0.4, -0.2) is 25.1 Å². The van der Waals surface area contributed by atoms with Gasteiger partial charge < -0.3 is 4.48 Å². The van der Waals surface area contributed by atoms with Gasteiger partial charge in [-0.25, -0.2) is 0 Å². The summed E-state index contributed by atoms with van der Waals surface area (Å²) in [5.74, 6) is 1.74. The van der Waals surface area contributed by atoms with Crippen LogP contribution in [0.25, 0.3) is 11.1 Å². The van der Waals surface area contributed by atoms with Crippen LogP contribution in [0.1, 0.15) is 32.3 Å². The second-order valence-electron chi connectivity index (χ2n) is 9.64. The number of hydrogen-bond donors (Lipinski definition) is 0. The summed E-state index contributed by atoms with van der Waals surface area (Å²) in [5, 5.41) is 0. The van der Waals surface area contributed by atoms with Crippen molar-refractivity contribution in [2.45, 2.75) is 33.2 Å². The van der Waals surface area contributed by atoms with Gasteiger partial charge in [0.25, 0.3) is 0 Å². The fraction of sp³-hybridized carbons (Fsp3) is 0.440. The fourth-order valence-corrected chi connectivity index (χ4v) is 5.18. The number of allylic oxidation sites excluding steroid dienone is 1. The van der Waals surface area contributed by atoms with Crippen molar-refractivity contribution in [2.24, 2.45) is 17.3 Å². The van der Waals surface area contributed by atoms with Crippen LogP contribution in [0.4, 0.5) is 0 Å². The van der Waals surface area contributed by atoms with E-state index in [1.54, 1.807) is 5.57 Å². The summed E-state index contributed by atoms with van der Waals surface area (Å²) in [6, 6.07) is 19.8. The lowest BCUT2D eigenvalue weighted by Crippen LogP contribution is -2.52. The molecule has 0 N–H and O–H groups in total. The number of likely N-dealkylation sites (N-methyl/N-ethyl adjacent to an activating group) is 1. The first-order valence-corrected chi connectivity index (χ1v) is 10.0. The Morgan fingerprint density at radius 1 is 0.923 bits per heavy atom. The minimum absolute atomic E-state index is 0.525. The third kappa shape index (κ3) is 3.25. The first-order chi connectivity index (χ1) is 12.4. The average molecular weight is 347 g/mol. The van der Waals surface area contributed by atoms with Gasteiger partial charge in [0.15, 0.2) is 0 Å². The monoisotopic (exact) mass is 346 g/mol. The van der Waals surface area contributed by atoms with Crippen molar-refractivity contribution in [2.75, 3.05) is 20.6 Å². The SMILES string of the molecule is CC1(C)[C@H]2CC=C(C[N+](C)(C)Cc3cccc(-c4ccccc4)c3)[C@@H]1C2. The maximum absolute atomic E-state index is 2.56. The highest BCUT2D eigenvalue weighted by Gasteiger charge is 2.52. The predicted octanol–water partition coefficient (Wildman–Crippen LogP) is 5.92. The van der Waals surface area contributed by atoms with Crippen LogP contribution in [0.15, 0.2) is 66.2 Å². The van der Waals surface area contributed by atoms with Crippen molar-refractivity contribution in [3.05, 3.63) is 71.8 Å². The van der Waals surface area contributed by atoms with Gasteiger partial charge in [0.05, 0.1) is 14.1 Å². The zero-order chi connectivity index (χ0) is 18.4. The van der Waals surface area contributed by atoms with Crippen molar-refractivity contribution in [1.82, 2.24) is 0 Å². The average Bonchev–Trinajstić information content (AvgIpc) is 2.61. The molecule has 5 rings (SSSR count). The molecule has 0 aliphatic heterocycles. The Hall–Kier alpha value is -1.86. The van der Waals surface area contributed by atoms with E-state index < -0.39 is 0 Å². The van der Waals surface area contributed by atoms with E-state index in [9.17, 15) is 0 Å². The number of benzene rings is 2. The summed E-state index contributed by atoms with van der Waals surface area (Å²) < 4.78 is 1.03. The lowest BCUT2D eigenvalue weighted by Gasteiger charge is -2.57. The summed E-state index contributed by atoms with van der Waals surface area (Å²) in [6.07, 6.45) is 5.27. The zero-order valence-electron chi connectivity index (χ0n) is 16.7. The highest BCUT2D eigenvalue weighted by molar-refractivity contribution is 5.63. The molecule has 1 heteroatoms. The number of rotatable bonds is 5. The van der Waals surface area contributed by atoms with Gasteiger partial charge >= 0.3 is 0 Å². The first kappa shape index (κ1) is 17.5. The zero-order valence-corrected chi connectivity index (χ0v) is 16.7.